The van der Waals surface area contributed by atoms with E-state index in [-0.39, 0.29) is 16.4 Å². The molecular weight excluding hydrogens is 163 g/mol. The van der Waals surface area contributed by atoms with Crippen LogP contribution < -0.4 is 4.35 Å². The molecule has 0 spiro atoms. The van der Waals surface area contributed by atoms with Crippen molar-refractivity contribution in [1.82, 2.24) is 0 Å². The topological polar surface area (TPSA) is 17.1 Å². The van der Waals surface area contributed by atoms with Crippen molar-refractivity contribution in [2.45, 2.75) is 0 Å². The SMILES string of the molecule is [2H]c1c([2H])c([2H])c([As]=O)c([2H])c1[2H]. The van der Waals surface area contributed by atoms with Crippen LogP contribution in [0.5, 0.6) is 0 Å². The molecule has 0 fully saturated rings. The van der Waals surface area contributed by atoms with Crippen molar-refractivity contribution < 1.29 is 10.6 Å². The second-order valence-corrected chi connectivity index (χ2v) is 2.39. The summed E-state index contributed by atoms with van der Waals surface area (Å²) in [6.45, 7) is 0. The third kappa shape index (κ3) is 1.27. The molecule has 1 rings (SSSR count). The second-order valence-electron chi connectivity index (χ2n) is 1.06. The zero-order valence-corrected chi connectivity index (χ0v) is 5.73. The van der Waals surface area contributed by atoms with Crippen LogP contribution in [0.3, 0.4) is 0 Å². The molecule has 1 aromatic carbocycles. The van der Waals surface area contributed by atoms with Crippen LogP contribution >= 0.6 is 0 Å². The molecule has 0 saturated carbocycles. The molecule has 0 amide bonds. The van der Waals surface area contributed by atoms with Gasteiger partial charge < -0.3 is 0 Å². The van der Waals surface area contributed by atoms with Gasteiger partial charge in [-0.2, -0.15) is 0 Å². The third-order valence-corrected chi connectivity index (χ3v) is 1.43. The number of benzene rings is 1. The molecule has 8 heavy (non-hydrogen) atoms. The van der Waals surface area contributed by atoms with Crippen molar-refractivity contribution in [3.63, 3.8) is 0 Å². The van der Waals surface area contributed by atoms with Gasteiger partial charge in [-0.3, -0.25) is 0 Å². The van der Waals surface area contributed by atoms with E-state index in [1.54, 1.807) is 0 Å². The first-order chi connectivity index (χ1) is 6.00. The van der Waals surface area contributed by atoms with E-state index in [0.29, 0.717) is 0 Å². The Bertz CT molecular complexity index is 349. The molecule has 0 bridgehead atoms. The van der Waals surface area contributed by atoms with Gasteiger partial charge in [-0.1, -0.05) is 0 Å². The summed E-state index contributed by atoms with van der Waals surface area (Å²) >= 11 is -1.59. The Labute approximate surface area is 61.7 Å². The summed E-state index contributed by atoms with van der Waals surface area (Å²) in [6.07, 6.45) is 0. The van der Waals surface area contributed by atoms with Crippen LogP contribution in [0.25, 0.3) is 0 Å². The average Bonchev–Trinajstić information content (AvgIpc) is 2.13. The quantitative estimate of drug-likeness (QED) is 0.560. The van der Waals surface area contributed by atoms with Gasteiger partial charge in [0.1, 0.15) is 0 Å². The van der Waals surface area contributed by atoms with Gasteiger partial charge in [-0.25, -0.2) is 0 Å². The summed E-state index contributed by atoms with van der Waals surface area (Å²) in [4.78, 5) is 0. The molecule has 2 heteroatoms. The van der Waals surface area contributed by atoms with E-state index in [4.69, 9.17) is 6.85 Å². The summed E-state index contributed by atoms with van der Waals surface area (Å²) < 4.78 is 46.7. The molecule has 0 saturated heterocycles. The van der Waals surface area contributed by atoms with Crippen molar-refractivity contribution in [1.29, 1.82) is 0 Å². The van der Waals surface area contributed by atoms with E-state index in [0.717, 1.165) is 0 Å². The van der Waals surface area contributed by atoms with Crippen LogP contribution in [0.2, 0.25) is 0 Å². The van der Waals surface area contributed by atoms with Gasteiger partial charge in [-0.15, -0.1) is 0 Å². The minimum absolute atomic E-state index is 0.0812. The van der Waals surface area contributed by atoms with Crippen molar-refractivity contribution in [2.75, 3.05) is 0 Å². The predicted octanol–water partition coefficient (Wildman–Crippen LogP) is 0.362. The van der Waals surface area contributed by atoms with Crippen LogP contribution in [-0.4, -0.2) is 15.7 Å². The van der Waals surface area contributed by atoms with E-state index in [2.05, 4.69) is 0 Å². The molecule has 0 unspecified atom stereocenters. The summed E-state index contributed by atoms with van der Waals surface area (Å²) in [5.74, 6) is 0. The van der Waals surface area contributed by atoms with Gasteiger partial charge in [0.25, 0.3) is 0 Å². The fraction of sp³-hybridized carbons (Fsp3) is 0. The van der Waals surface area contributed by atoms with Crippen molar-refractivity contribution >= 4 is 20.0 Å². The maximum absolute atomic E-state index is 10.6. The van der Waals surface area contributed by atoms with E-state index < -0.39 is 33.8 Å². The summed E-state index contributed by atoms with van der Waals surface area (Å²) in [5, 5.41) is 0. The fourth-order valence-electron chi connectivity index (χ4n) is 0.289. The Morgan fingerprint density at radius 2 is 2.00 bits per heavy atom. The normalized spacial score (nSPS) is 18.2. The van der Waals surface area contributed by atoms with Crippen LogP contribution in [0.4, 0.5) is 0 Å². The van der Waals surface area contributed by atoms with Gasteiger partial charge in [0.05, 0.1) is 0 Å². The second kappa shape index (κ2) is 2.78. The zero-order valence-electron chi connectivity index (χ0n) is 8.86. The Balaban J connectivity index is 3.66. The fourth-order valence-corrected chi connectivity index (χ4v) is 0.715. The van der Waals surface area contributed by atoms with Crippen molar-refractivity contribution in [3.8, 4) is 0 Å². The van der Waals surface area contributed by atoms with E-state index in [1.807, 2.05) is 0 Å². The molecule has 40 valence electrons. The molecule has 0 atom stereocenters. The average molecular weight is 173 g/mol. The Morgan fingerprint density at radius 1 is 1.38 bits per heavy atom. The molecule has 1 nitrogen and oxygen atoms in total. The van der Waals surface area contributed by atoms with Gasteiger partial charge in [0.2, 0.25) is 0 Å². The molecule has 0 aromatic heterocycles. The first-order valence-corrected chi connectivity index (χ1v) is 3.61. The third-order valence-electron chi connectivity index (χ3n) is 0.578. The van der Waals surface area contributed by atoms with Crippen LogP contribution in [0, 0.1) is 0 Å². The van der Waals surface area contributed by atoms with E-state index in [1.165, 1.54) is 0 Å². The summed E-state index contributed by atoms with van der Waals surface area (Å²) in [5.41, 5.74) is 0. The number of hydrogen-bond donors (Lipinski definition) is 0. The first-order valence-electron chi connectivity index (χ1n) is 4.41. The molecule has 0 radical (unpaired) electrons. The summed E-state index contributed by atoms with van der Waals surface area (Å²) in [6, 6.07) is -2.03. The first kappa shape index (κ1) is 2.07. The molecule has 0 aliphatic heterocycles. The molecule has 0 aliphatic rings. The molecule has 0 N–H and O–H groups in total. The van der Waals surface area contributed by atoms with Crippen LogP contribution in [-0.2, 0) is 3.74 Å². The van der Waals surface area contributed by atoms with Crippen molar-refractivity contribution in [2.24, 2.45) is 0 Å². The molecule has 0 aliphatic carbocycles. The van der Waals surface area contributed by atoms with Crippen LogP contribution in [0.1, 0.15) is 6.85 Å². The summed E-state index contributed by atoms with van der Waals surface area (Å²) in [7, 11) is 0. The van der Waals surface area contributed by atoms with Gasteiger partial charge in [0, 0.05) is 0 Å². The van der Waals surface area contributed by atoms with Gasteiger partial charge in [-0.05, 0) is 0 Å². The number of hydrogen-bond acceptors (Lipinski definition) is 1. The minimum atomic E-state index is -1.59. The van der Waals surface area contributed by atoms with Crippen LogP contribution in [0.15, 0.2) is 30.2 Å². The molecular formula is C6H5AsO. The van der Waals surface area contributed by atoms with E-state index in [9.17, 15) is 3.74 Å². The van der Waals surface area contributed by atoms with E-state index >= 15 is 0 Å². The van der Waals surface area contributed by atoms with Crippen molar-refractivity contribution in [3.05, 3.63) is 30.2 Å². The monoisotopic (exact) mass is 173 g/mol. The maximum atomic E-state index is 10.6. The number of rotatable bonds is 1. The Morgan fingerprint density at radius 3 is 2.50 bits per heavy atom. The van der Waals surface area contributed by atoms with Gasteiger partial charge >= 0.3 is 60.8 Å². The zero-order chi connectivity index (χ0) is 10.2. The standard InChI is InChI=1S/C6H5AsO/c8-7-6-4-2-1-3-5-6/h1-5H/i1D,2D,3D,4D,5D. The molecule has 1 aromatic rings. The Kier molecular flexibility index (Phi) is 0.721. The molecule has 0 heterocycles. The Hall–Kier alpha value is -0.422. The predicted molar refractivity (Wildman–Crippen MR) is 32.5 cm³/mol. The van der Waals surface area contributed by atoms with Gasteiger partial charge in [0.15, 0.2) is 0 Å².